The molecule has 0 aromatic heterocycles. The monoisotopic (exact) mass is 224 g/mol. The van der Waals surface area contributed by atoms with Crippen LogP contribution in [0.15, 0.2) is 24.3 Å². The van der Waals surface area contributed by atoms with Gasteiger partial charge < -0.3 is 4.74 Å². The van der Waals surface area contributed by atoms with Crippen LogP contribution >= 0.6 is 0 Å². The molecule has 0 N–H and O–H groups in total. The Morgan fingerprint density at radius 2 is 1.88 bits per heavy atom. The van der Waals surface area contributed by atoms with Crippen molar-refractivity contribution in [3.05, 3.63) is 35.6 Å². The minimum Gasteiger partial charge on any atom is -0.463 e. The van der Waals surface area contributed by atoms with Crippen LogP contribution in [0.3, 0.4) is 0 Å². The van der Waals surface area contributed by atoms with Gasteiger partial charge in [-0.2, -0.15) is 0 Å². The first-order chi connectivity index (χ1) is 7.56. The average molecular weight is 224 g/mol. The lowest BCUT2D eigenvalue weighted by molar-refractivity contribution is -0.151. The smallest absolute Gasteiger partial charge is 0.374 e. The first kappa shape index (κ1) is 12.0. The van der Waals surface area contributed by atoms with Gasteiger partial charge in [-0.1, -0.05) is 12.1 Å². The number of Topliss-reactive ketones (excluding diaryl/α,β-unsaturated/α-hetero) is 2. The predicted octanol–water partition coefficient (Wildman–Crippen LogP) is 1.14. The third kappa shape index (κ3) is 2.73. The number of carbonyl (C=O) groups excluding carboxylic acids is 3. The van der Waals surface area contributed by atoms with Crippen LogP contribution in [0.4, 0.5) is 4.39 Å². The molecule has 0 unspecified atom stereocenters. The van der Waals surface area contributed by atoms with Crippen LogP contribution in [0.5, 0.6) is 0 Å². The highest BCUT2D eigenvalue weighted by Gasteiger charge is 2.20. The van der Waals surface area contributed by atoms with E-state index in [4.69, 9.17) is 0 Å². The molecule has 0 aliphatic rings. The van der Waals surface area contributed by atoms with Crippen LogP contribution < -0.4 is 0 Å². The summed E-state index contributed by atoms with van der Waals surface area (Å²) in [4.78, 5) is 33.2. The Labute approximate surface area is 91.0 Å². The quantitative estimate of drug-likeness (QED) is 0.333. The highest BCUT2D eigenvalue weighted by atomic mass is 19.1. The van der Waals surface area contributed by atoms with Gasteiger partial charge in [-0.15, -0.1) is 0 Å². The zero-order valence-corrected chi connectivity index (χ0v) is 8.53. The van der Waals surface area contributed by atoms with Crippen LogP contribution in [0, 0.1) is 5.82 Å². The highest BCUT2D eigenvalue weighted by molar-refractivity contribution is 6.38. The fraction of sp³-hybridized carbons (Fsp3) is 0.182. The van der Waals surface area contributed by atoms with Gasteiger partial charge >= 0.3 is 5.97 Å². The molecule has 0 fully saturated rings. The number of hydrogen-bond acceptors (Lipinski definition) is 4. The maximum Gasteiger partial charge on any atom is 0.374 e. The van der Waals surface area contributed by atoms with E-state index in [9.17, 15) is 18.8 Å². The molecule has 0 aliphatic carbocycles. The minimum absolute atomic E-state index is 0.209. The molecule has 0 heterocycles. The molecule has 1 rings (SSSR count). The van der Waals surface area contributed by atoms with Crippen molar-refractivity contribution in [3.8, 4) is 0 Å². The molecule has 0 saturated heterocycles. The summed E-state index contributed by atoms with van der Waals surface area (Å²) in [5, 5.41) is 0. The van der Waals surface area contributed by atoms with Gasteiger partial charge in [0.2, 0.25) is 5.78 Å². The Bertz CT molecular complexity index is 439. The largest absolute Gasteiger partial charge is 0.463 e. The Morgan fingerprint density at radius 1 is 1.25 bits per heavy atom. The zero-order valence-electron chi connectivity index (χ0n) is 8.53. The van der Waals surface area contributed by atoms with Crippen molar-refractivity contribution in [2.24, 2.45) is 0 Å². The van der Waals surface area contributed by atoms with Crippen LogP contribution in [0.1, 0.15) is 16.8 Å². The van der Waals surface area contributed by atoms with Crippen LogP contribution in [0.2, 0.25) is 0 Å². The minimum atomic E-state index is -1.11. The molecule has 1 aromatic carbocycles. The summed E-state index contributed by atoms with van der Waals surface area (Å²) in [7, 11) is 1.04. The van der Waals surface area contributed by atoms with E-state index >= 15 is 0 Å². The summed E-state index contributed by atoms with van der Waals surface area (Å²) in [6, 6.07) is 5.26. The van der Waals surface area contributed by atoms with E-state index in [2.05, 4.69) is 4.74 Å². The number of rotatable bonds is 4. The van der Waals surface area contributed by atoms with Gasteiger partial charge in [0, 0.05) is 0 Å². The molecule has 1 aromatic rings. The van der Waals surface area contributed by atoms with Crippen LogP contribution in [0.25, 0.3) is 0 Å². The lowest BCUT2D eigenvalue weighted by Gasteiger charge is -2.00. The molecule has 0 amide bonds. The second-order valence-corrected chi connectivity index (χ2v) is 2.99. The summed E-state index contributed by atoms with van der Waals surface area (Å²) in [6.45, 7) is 0. The summed E-state index contributed by atoms with van der Waals surface area (Å²) in [6.07, 6.45) is -0.687. The molecule has 0 bridgehead atoms. The van der Waals surface area contributed by atoms with Gasteiger partial charge in [0.25, 0.3) is 0 Å². The highest BCUT2D eigenvalue weighted by Crippen LogP contribution is 2.09. The van der Waals surface area contributed by atoms with E-state index in [0.717, 1.165) is 13.2 Å². The molecule has 16 heavy (non-hydrogen) atoms. The number of ketones is 2. The number of carbonyl (C=O) groups is 3. The molecule has 4 nitrogen and oxygen atoms in total. The molecule has 0 saturated carbocycles. The number of benzene rings is 1. The third-order valence-electron chi connectivity index (χ3n) is 1.91. The van der Waals surface area contributed by atoms with Crippen LogP contribution in [-0.4, -0.2) is 24.6 Å². The van der Waals surface area contributed by atoms with Gasteiger partial charge in [-0.3, -0.25) is 9.59 Å². The summed E-state index contributed by atoms with van der Waals surface area (Å²) in [5.74, 6) is -3.56. The maximum absolute atomic E-state index is 13.1. The summed E-state index contributed by atoms with van der Waals surface area (Å²) in [5.41, 5.74) is -0.209. The van der Waals surface area contributed by atoms with Gasteiger partial charge in [-0.05, 0) is 12.1 Å². The van der Waals surface area contributed by atoms with E-state index in [1.807, 2.05) is 0 Å². The van der Waals surface area contributed by atoms with Crippen molar-refractivity contribution in [2.45, 2.75) is 6.42 Å². The van der Waals surface area contributed by atoms with Crippen molar-refractivity contribution >= 4 is 17.5 Å². The van der Waals surface area contributed by atoms with Crippen molar-refractivity contribution in [2.75, 3.05) is 7.11 Å². The van der Waals surface area contributed by atoms with Gasteiger partial charge in [0.15, 0.2) is 5.78 Å². The van der Waals surface area contributed by atoms with E-state index in [1.54, 1.807) is 0 Å². The Morgan fingerprint density at radius 3 is 2.44 bits per heavy atom. The maximum atomic E-state index is 13.1. The number of hydrogen-bond donors (Lipinski definition) is 0. The number of esters is 1. The number of methoxy groups -OCH3 is 1. The third-order valence-corrected chi connectivity index (χ3v) is 1.91. The predicted molar refractivity (Wildman–Crippen MR) is 52.4 cm³/mol. The standard InChI is InChI=1S/C11H9FO4/c1-16-11(15)10(14)6-9(13)7-4-2-3-5-8(7)12/h2-5H,6H2,1H3. The second kappa shape index (κ2) is 5.16. The van der Waals surface area contributed by atoms with E-state index in [-0.39, 0.29) is 5.56 Å². The van der Waals surface area contributed by atoms with Gasteiger partial charge in [0.1, 0.15) is 5.82 Å². The SMILES string of the molecule is COC(=O)C(=O)CC(=O)c1ccccc1F. The summed E-state index contributed by atoms with van der Waals surface area (Å²) < 4.78 is 17.3. The van der Waals surface area contributed by atoms with E-state index in [1.165, 1.54) is 18.2 Å². The fourth-order valence-corrected chi connectivity index (χ4v) is 1.11. The summed E-state index contributed by atoms with van der Waals surface area (Å²) >= 11 is 0. The average Bonchev–Trinajstić information content (AvgIpc) is 2.28. The van der Waals surface area contributed by atoms with Crippen molar-refractivity contribution < 1.29 is 23.5 Å². The first-order valence-electron chi connectivity index (χ1n) is 4.45. The molecule has 0 radical (unpaired) electrons. The lowest BCUT2D eigenvalue weighted by Crippen LogP contribution is -2.19. The normalized spacial score (nSPS) is 9.62. The topological polar surface area (TPSA) is 60.4 Å². The lowest BCUT2D eigenvalue weighted by atomic mass is 10.1. The zero-order chi connectivity index (χ0) is 12.1. The number of halogens is 1. The molecule has 0 atom stereocenters. The van der Waals surface area contributed by atoms with Gasteiger partial charge in [-0.25, -0.2) is 9.18 Å². The molecule has 5 heteroatoms. The van der Waals surface area contributed by atoms with Gasteiger partial charge in [0.05, 0.1) is 19.1 Å². The molecule has 0 spiro atoms. The number of ether oxygens (including phenoxy) is 1. The van der Waals surface area contributed by atoms with Crippen molar-refractivity contribution in [1.82, 2.24) is 0 Å². The Balaban J connectivity index is 2.78. The fourth-order valence-electron chi connectivity index (χ4n) is 1.11. The molecular formula is C11H9FO4. The van der Waals surface area contributed by atoms with E-state index < -0.39 is 29.8 Å². The molecule has 0 aliphatic heterocycles. The van der Waals surface area contributed by atoms with Crippen molar-refractivity contribution in [3.63, 3.8) is 0 Å². The van der Waals surface area contributed by atoms with Crippen molar-refractivity contribution in [1.29, 1.82) is 0 Å². The Hall–Kier alpha value is -2.04. The molecular weight excluding hydrogens is 215 g/mol. The first-order valence-corrected chi connectivity index (χ1v) is 4.45. The van der Waals surface area contributed by atoms with Crippen LogP contribution in [-0.2, 0) is 14.3 Å². The van der Waals surface area contributed by atoms with E-state index in [0.29, 0.717) is 0 Å². The second-order valence-electron chi connectivity index (χ2n) is 2.99. The Kier molecular flexibility index (Phi) is 3.88. The molecule has 84 valence electrons.